The first-order valence-corrected chi connectivity index (χ1v) is 14.7. The van der Waals surface area contributed by atoms with E-state index in [-0.39, 0.29) is 24.8 Å². The SMILES string of the molecule is NCC(=O)N1CCN(c2ncc(Oc3cc(CN4CCC(CC(=O)O)CC4)cc(-c4cc(Cl)cc(Cl)c4)n3)cn2)CC1. The van der Waals surface area contributed by atoms with Gasteiger partial charge in [-0.25, -0.2) is 15.0 Å². The summed E-state index contributed by atoms with van der Waals surface area (Å²) in [5, 5.41) is 10.1. The number of hydrogen-bond donors (Lipinski definition) is 2. The van der Waals surface area contributed by atoms with Gasteiger partial charge in [-0.1, -0.05) is 23.2 Å². The molecule has 42 heavy (non-hydrogen) atoms. The number of anilines is 1. The lowest BCUT2D eigenvalue weighted by Gasteiger charge is -2.34. The number of benzene rings is 1. The number of hydrogen-bond acceptors (Lipinski definition) is 9. The maximum Gasteiger partial charge on any atom is 0.303 e. The predicted molar refractivity (Wildman–Crippen MR) is 160 cm³/mol. The molecule has 11 nitrogen and oxygen atoms in total. The minimum Gasteiger partial charge on any atom is -0.481 e. The van der Waals surface area contributed by atoms with Crippen molar-refractivity contribution >= 4 is 41.0 Å². The van der Waals surface area contributed by atoms with Gasteiger partial charge in [-0.05, 0) is 61.7 Å². The number of amides is 1. The molecule has 3 aromatic rings. The first kappa shape index (κ1) is 30.0. The van der Waals surface area contributed by atoms with Crippen LogP contribution in [0.2, 0.25) is 10.0 Å². The zero-order valence-electron chi connectivity index (χ0n) is 23.1. The molecule has 1 aromatic carbocycles. The van der Waals surface area contributed by atoms with Crippen LogP contribution in [0, 0.1) is 5.92 Å². The van der Waals surface area contributed by atoms with E-state index in [2.05, 4.69) is 14.9 Å². The molecule has 0 saturated carbocycles. The van der Waals surface area contributed by atoms with E-state index in [1.807, 2.05) is 17.0 Å². The lowest BCUT2D eigenvalue weighted by atomic mass is 9.93. The highest BCUT2D eigenvalue weighted by molar-refractivity contribution is 6.35. The molecular weight excluding hydrogens is 581 g/mol. The number of nitrogens with zero attached hydrogens (tertiary/aromatic N) is 6. The van der Waals surface area contributed by atoms with Gasteiger partial charge in [0.25, 0.3) is 0 Å². The highest BCUT2D eigenvalue weighted by atomic mass is 35.5. The summed E-state index contributed by atoms with van der Waals surface area (Å²) in [5.41, 5.74) is 7.89. The van der Waals surface area contributed by atoms with E-state index in [0.29, 0.717) is 66.0 Å². The first-order valence-electron chi connectivity index (χ1n) is 13.9. The number of nitrogens with two attached hydrogens (primary N) is 1. The summed E-state index contributed by atoms with van der Waals surface area (Å²) >= 11 is 12.6. The Kier molecular flexibility index (Phi) is 9.73. The van der Waals surface area contributed by atoms with Gasteiger partial charge in [0.15, 0.2) is 5.75 Å². The largest absolute Gasteiger partial charge is 0.481 e. The van der Waals surface area contributed by atoms with Gasteiger partial charge in [0.2, 0.25) is 17.7 Å². The zero-order chi connectivity index (χ0) is 29.6. The molecule has 2 aliphatic heterocycles. The van der Waals surface area contributed by atoms with Crippen molar-refractivity contribution in [3.8, 4) is 22.9 Å². The molecule has 2 aromatic heterocycles. The average Bonchev–Trinajstić information content (AvgIpc) is 2.97. The molecule has 0 aliphatic carbocycles. The normalized spacial score (nSPS) is 16.5. The van der Waals surface area contributed by atoms with Gasteiger partial charge in [0, 0.05) is 60.8 Å². The molecule has 0 radical (unpaired) electrons. The van der Waals surface area contributed by atoms with Crippen molar-refractivity contribution in [1.82, 2.24) is 24.8 Å². The van der Waals surface area contributed by atoms with Gasteiger partial charge in [-0.15, -0.1) is 0 Å². The number of likely N-dealkylation sites (tertiary alicyclic amines) is 1. The first-order chi connectivity index (χ1) is 20.2. The standard InChI is InChI=1S/C29H33Cl2N7O4/c30-22-12-21(13-23(31)14-22)25-9-20(18-36-3-1-19(2-4-36)11-28(40)41)10-26(35-25)42-24-16-33-29(34-17-24)38-7-5-37(6-8-38)27(39)15-32/h9-10,12-14,16-17,19H,1-8,11,15,18,32H2,(H,40,41). The fourth-order valence-electron chi connectivity index (χ4n) is 5.34. The Morgan fingerprint density at radius 2 is 1.62 bits per heavy atom. The lowest BCUT2D eigenvalue weighted by molar-refractivity contribution is -0.138. The summed E-state index contributed by atoms with van der Waals surface area (Å²) in [7, 11) is 0. The van der Waals surface area contributed by atoms with Gasteiger partial charge < -0.3 is 25.4 Å². The van der Waals surface area contributed by atoms with Crippen molar-refractivity contribution in [2.24, 2.45) is 11.7 Å². The number of pyridine rings is 1. The van der Waals surface area contributed by atoms with E-state index < -0.39 is 5.97 Å². The minimum atomic E-state index is -0.743. The zero-order valence-corrected chi connectivity index (χ0v) is 24.6. The number of piperidine rings is 1. The van der Waals surface area contributed by atoms with Crippen molar-refractivity contribution in [3.63, 3.8) is 0 Å². The smallest absolute Gasteiger partial charge is 0.303 e. The van der Waals surface area contributed by atoms with E-state index in [1.54, 1.807) is 35.5 Å². The second kappa shape index (κ2) is 13.6. The third-order valence-electron chi connectivity index (χ3n) is 7.52. The Morgan fingerprint density at radius 3 is 2.24 bits per heavy atom. The summed E-state index contributed by atoms with van der Waals surface area (Å²) in [6, 6.07) is 9.16. The van der Waals surface area contributed by atoms with Crippen molar-refractivity contribution < 1.29 is 19.4 Å². The molecule has 2 saturated heterocycles. The fraction of sp³-hybridized carbons (Fsp3) is 0.414. The number of carboxylic acids is 1. The van der Waals surface area contributed by atoms with E-state index in [4.69, 9.17) is 43.8 Å². The van der Waals surface area contributed by atoms with E-state index in [1.165, 1.54) is 0 Å². The van der Waals surface area contributed by atoms with E-state index in [0.717, 1.165) is 37.1 Å². The molecule has 0 atom stereocenters. The maximum atomic E-state index is 11.9. The lowest BCUT2D eigenvalue weighted by Crippen LogP contribution is -2.50. The quantitative estimate of drug-likeness (QED) is 0.365. The Hall–Kier alpha value is -3.51. The number of aromatic nitrogens is 3. The number of halogens is 2. The van der Waals surface area contributed by atoms with Gasteiger partial charge in [0.1, 0.15) is 0 Å². The molecule has 0 unspecified atom stereocenters. The van der Waals surface area contributed by atoms with Crippen molar-refractivity contribution in [3.05, 3.63) is 58.3 Å². The Balaban J connectivity index is 1.31. The third-order valence-corrected chi connectivity index (χ3v) is 7.96. The molecule has 5 rings (SSSR count). The molecule has 2 fully saturated rings. The molecule has 3 N–H and O–H groups in total. The second-order valence-corrected chi connectivity index (χ2v) is 11.4. The molecular formula is C29H33Cl2N7O4. The summed E-state index contributed by atoms with van der Waals surface area (Å²) in [4.78, 5) is 42.7. The molecule has 0 spiro atoms. The average molecular weight is 615 g/mol. The minimum absolute atomic E-state index is 0.00905. The molecule has 1 amide bonds. The third kappa shape index (κ3) is 7.86. The van der Waals surface area contributed by atoms with Crippen molar-refractivity contribution in [2.75, 3.05) is 50.7 Å². The van der Waals surface area contributed by atoms with Crippen LogP contribution in [0.15, 0.2) is 42.7 Å². The number of carbonyl (C=O) groups is 2. The van der Waals surface area contributed by atoms with Crippen LogP contribution in [0.25, 0.3) is 11.3 Å². The van der Waals surface area contributed by atoms with Crippen LogP contribution < -0.4 is 15.4 Å². The number of rotatable bonds is 9. The monoisotopic (exact) mass is 613 g/mol. The number of piperazine rings is 1. The van der Waals surface area contributed by atoms with Crippen LogP contribution in [-0.2, 0) is 16.1 Å². The van der Waals surface area contributed by atoms with Crippen LogP contribution >= 0.6 is 23.2 Å². The van der Waals surface area contributed by atoms with Crippen LogP contribution in [0.5, 0.6) is 11.6 Å². The van der Waals surface area contributed by atoms with E-state index >= 15 is 0 Å². The van der Waals surface area contributed by atoms with Gasteiger partial charge in [-0.3, -0.25) is 14.5 Å². The summed E-state index contributed by atoms with van der Waals surface area (Å²) < 4.78 is 6.13. The van der Waals surface area contributed by atoms with Gasteiger partial charge in [0.05, 0.1) is 24.6 Å². The topological polar surface area (TPSA) is 138 Å². The maximum absolute atomic E-state index is 11.9. The van der Waals surface area contributed by atoms with Crippen LogP contribution in [0.1, 0.15) is 24.8 Å². The molecule has 13 heteroatoms. The van der Waals surface area contributed by atoms with Crippen LogP contribution in [0.3, 0.4) is 0 Å². The van der Waals surface area contributed by atoms with Crippen LogP contribution in [-0.4, -0.2) is 87.5 Å². The Bertz CT molecular complexity index is 1390. The van der Waals surface area contributed by atoms with Gasteiger partial charge in [-0.2, -0.15) is 0 Å². The molecule has 4 heterocycles. The van der Waals surface area contributed by atoms with Crippen LogP contribution in [0.4, 0.5) is 5.95 Å². The Morgan fingerprint density at radius 1 is 0.952 bits per heavy atom. The summed E-state index contributed by atoms with van der Waals surface area (Å²) in [5.74, 6) is 0.780. The number of carboxylic acid groups (broad SMARTS) is 1. The van der Waals surface area contributed by atoms with Crippen molar-refractivity contribution in [1.29, 1.82) is 0 Å². The molecule has 2 aliphatic rings. The van der Waals surface area contributed by atoms with E-state index in [9.17, 15) is 9.59 Å². The highest BCUT2D eigenvalue weighted by Gasteiger charge is 2.23. The second-order valence-electron chi connectivity index (χ2n) is 10.6. The number of ether oxygens (including phenoxy) is 1. The number of carbonyl (C=O) groups excluding carboxylic acids is 1. The highest BCUT2D eigenvalue weighted by Crippen LogP contribution is 2.31. The van der Waals surface area contributed by atoms with Gasteiger partial charge >= 0.3 is 5.97 Å². The predicted octanol–water partition coefficient (Wildman–Crippen LogP) is 3.93. The summed E-state index contributed by atoms with van der Waals surface area (Å²) in [6.07, 6.45) is 5.12. The summed E-state index contributed by atoms with van der Waals surface area (Å²) in [6.45, 7) is 4.69. The fourth-order valence-corrected chi connectivity index (χ4v) is 5.86. The Labute approximate surface area is 254 Å². The number of aliphatic carboxylic acids is 1. The van der Waals surface area contributed by atoms with Crippen molar-refractivity contribution in [2.45, 2.75) is 25.8 Å². The molecule has 0 bridgehead atoms. The molecule has 222 valence electrons.